The van der Waals surface area contributed by atoms with Crippen LogP contribution >= 0.6 is 22.6 Å². The van der Waals surface area contributed by atoms with Gasteiger partial charge in [-0.3, -0.25) is 4.18 Å². The highest BCUT2D eigenvalue weighted by molar-refractivity contribution is 14.1. The van der Waals surface area contributed by atoms with Crippen LogP contribution in [0.2, 0.25) is 0 Å². The molecule has 0 N–H and O–H groups in total. The van der Waals surface area contributed by atoms with Crippen LogP contribution in [0, 0.1) is 3.57 Å². The second-order valence-electron chi connectivity index (χ2n) is 3.24. The van der Waals surface area contributed by atoms with Gasteiger partial charge >= 0.3 is 0 Å². The molecule has 0 saturated heterocycles. The van der Waals surface area contributed by atoms with Gasteiger partial charge in [-0.2, -0.15) is 8.42 Å². The van der Waals surface area contributed by atoms with Crippen LogP contribution in [0.25, 0.3) is 0 Å². The average molecular weight is 356 g/mol. The number of hydrogen-bond donors (Lipinski definition) is 0. The molecule has 0 aromatic heterocycles. The van der Waals surface area contributed by atoms with Gasteiger partial charge in [-0.05, 0) is 46.7 Å². The fourth-order valence-electron chi connectivity index (χ4n) is 1.18. The first-order chi connectivity index (χ1) is 7.42. The Morgan fingerprint density at radius 2 is 2.06 bits per heavy atom. The van der Waals surface area contributed by atoms with Gasteiger partial charge in [0.05, 0.1) is 23.5 Å². The van der Waals surface area contributed by atoms with Gasteiger partial charge in [-0.15, -0.1) is 0 Å². The molecule has 0 aliphatic rings. The molecular formula is C10H13IO4S. The molecule has 90 valence electrons. The van der Waals surface area contributed by atoms with E-state index >= 15 is 0 Å². The summed E-state index contributed by atoms with van der Waals surface area (Å²) in [5.74, 6) is 0.813. The summed E-state index contributed by atoms with van der Waals surface area (Å²) in [5.41, 5.74) is 1.02. The minimum absolute atomic E-state index is 0.168. The maximum Gasteiger partial charge on any atom is 0.264 e. The molecule has 16 heavy (non-hydrogen) atoms. The van der Waals surface area contributed by atoms with E-state index in [1.165, 1.54) is 0 Å². The third-order valence-corrected chi connectivity index (χ3v) is 3.34. The minimum atomic E-state index is -3.34. The summed E-state index contributed by atoms with van der Waals surface area (Å²) in [6.07, 6.45) is 1.61. The highest BCUT2D eigenvalue weighted by Gasteiger charge is 2.04. The molecule has 0 spiro atoms. The van der Waals surface area contributed by atoms with Crippen molar-refractivity contribution in [1.29, 1.82) is 0 Å². The molecule has 1 aromatic carbocycles. The minimum Gasteiger partial charge on any atom is -0.496 e. The molecule has 0 atom stereocenters. The Morgan fingerprint density at radius 3 is 2.56 bits per heavy atom. The molecule has 1 aromatic rings. The average Bonchev–Trinajstić information content (AvgIpc) is 2.16. The van der Waals surface area contributed by atoms with Crippen LogP contribution in [0.1, 0.15) is 5.56 Å². The summed E-state index contributed by atoms with van der Waals surface area (Å²) in [7, 11) is -1.73. The van der Waals surface area contributed by atoms with Gasteiger partial charge in [0.2, 0.25) is 0 Å². The standard InChI is InChI=1S/C10H13IO4S/c1-14-10-4-3-8(7-9(10)11)5-6-15-16(2,12)13/h3-4,7H,5-6H2,1-2H3. The Kier molecular flexibility index (Phi) is 5.00. The maximum atomic E-state index is 10.7. The van der Waals surface area contributed by atoms with Gasteiger partial charge in [0.25, 0.3) is 10.1 Å². The molecule has 0 bridgehead atoms. The first-order valence-corrected chi connectivity index (χ1v) is 7.49. The van der Waals surface area contributed by atoms with Crippen molar-refractivity contribution in [2.45, 2.75) is 6.42 Å². The fourth-order valence-corrected chi connectivity index (χ4v) is 2.36. The van der Waals surface area contributed by atoms with Crippen LogP contribution in [0.15, 0.2) is 18.2 Å². The van der Waals surface area contributed by atoms with Crippen molar-refractivity contribution in [3.63, 3.8) is 0 Å². The Balaban J connectivity index is 2.59. The highest BCUT2D eigenvalue weighted by Crippen LogP contribution is 2.21. The molecule has 0 saturated carbocycles. The van der Waals surface area contributed by atoms with E-state index in [1.807, 2.05) is 18.2 Å². The second kappa shape index (κ2) is 5.83. The molecule has 6 heteroatoms. The number of ether oxygens (including phenoxy) is 1. The molecular weight excluding hydrogens is 343 g/mol. The number of hydrogen-bond acceptors (Lipinski definition) is 4. The van der Waals surface area contributed by atoms with Crippen molar-refractivity contribution in [1.82, 2.24) is 0 Å². The zero-order chi connectivity index (χ0) is 12.2. The molecule has 0 heterocycles. The molecule has 0 fully saturated rings. The molecule has 0 radical (unpaired) electrons. The predicted molar refractivity (Wildman–Crippen MR) is 70.2 cm³/mol. The Bertz CT molecular complexity index is 456. The summed E-state index contributed by atoms with van der Waals surface area (Å²) in [6, 6.07) is 5.70. The highest BCUT2D eigenvalue weighted by atomic mass is 127. The first kappa shape index (κ1) is 13.7. The van der Waals surface area contributed by atoms with Crippen molar-refractivity contribution in [3.8, 4) is 5.75 Å². The quantitative estimate of drug-likeness (QED) is 0.597. The lowest BCUT2D eigenvalue weighted by Gasteiger charge is -2.06. The molecule has 1 rings (SSSR count). The fraction of sp³-hybridized carbons (Fsp3) is 0.400. The third kappa shape index (κ3) is 4.67. The van der Waals surface area contributed by atoms with E-state index in [4.69, 9.17) is 4.74 Å². The predicted octanol–water partition coefficient (Wildman–Crippen LogP) is 1.82. The summed E-state index contributed by atoms with van der Waals surface area (Å²) >= 11 is 2.17. The van der Waals surface area contributed by atoms with Crippen molar-refractivity contribution in [2.24, 2.45) is 0 Å². The van der Waals surface area contributed by atoms with Crippen molar-refractivity contribution < 1.29 is 17.3 Å². The molecule has 0 amide bonds. The van der Waals surface area contributed by atoms with E-state index in [9.17, 15) is 8.42 Å². The summed E-state index contributed by atoms with van der Waals surface area (Å²) in [4.78, 5) is 0. The van der Waals surface area contributed by atoms with Gasteiger partial charge < -0.3 is 4.74 Å². The lowest BCUT2D eigenvalue weighted by molar-refractivity contribution is 0.326. The summed E-state index contributed by atoms with van der Waals surface area (Å²) in [5, 5.41) is 0. The molecule has 0 unspecified atom stereocenters. The largest absolute Gasteiger partial charge is 0.496 e. The summed E-state index contributed by atoms with van der Waals surface area (Å²) in [6.45, 7) is 0.168. The second-order valence-corrected chi connectivity index (χ2v) is 6.05. The van der Waals surface area contributed by atoms with Gasteiger partial charge in [0, 0.05) is 0 Å². The number of methoxy groups -OCH3 is 1. The Labute approximate surface area is 109 Å². The Morgan fingerprint density at radius 1 is 1.38 bits per heavy atom. The van der Waals surface area contributed by atoms with Crippen molar-refractivity contribution in [3.05, 3.63) is 27.3 Å². The molecule has 4 nitrogen and oxygen atoms in total. The van der Waals surface area contributed by atoms with Crippen LogP contribution in [-0.2, 0) is 20.7 Å². The number of rotatable bonds is 5. The van der Waals surface area contributed by atoms with E-state index in [-0.39, 0.29) is 6.61 Å². The van der Waals surface area contributed by atoms with E-state index in [2.05, 4.69) is 26.8 Å². The third-order valence-electron chi connectivity index (χ3n) is 1.90. The van der Waals surface area contributed by atoms with Crippen LogP contribution in [0.5, 0.6) is 5.75 Å². The van der Waals surface area contributed by atoms with E-state index < -0.39 is 10.1 Å². The topological polar surface area (TPSA) is 52.6 Å². The number of halogens is 1. The lowest BCUT2D eigenvalue weighted by atomic mass is 10.1. The zero-order valence-corrected chi connectivity index (χ0v) is 12.0. The van der Waals surface area contributed by atoms with Crippen LogP contribution in [0.3, 0.4) is 0 Å². The van der Waals surface area contributed by atoms with E-state index in [1.54, 1.807) is 7.11 Å². The first-order valence-electron chi connectivity index (χ1n) is 4.59. The van der Waals surface area contributed by atoms with E-state index in [0.29, 0.717) is 6.42 Å². The van der Waals surface area contributed by atoms with Gasteiger partial charge in [-0.1, -0.05) is 6.07 Å². The number of benzene rings is 1. The summed E-state index contributed by atoms with van der Waals surface area (Å²) < 4.78 is 32.3. The SMILES string of the molecule is COc1ccc(CCOS(C)(=O)=O)cc1I. The van der Waals surface area contributed by atoms with Gasteiger partial charge in [0.1, 0.15) is 5.75 Å². The zero-order valence-electron chi connectivity index (χ0n) is 9.07. The Hall–Kier alpha value is -0.340. The maximum absolute atomic E-state index is 10.7. The van der Waals surface area contributed by atoms with Gasteiger partial charge in [-0.25, -0.2) is 0 Å². The van der Waals surface area contributed by atoms with Crippen molar-refractivity contribution >= 4 is 32.7 Å². The smallest absolute Gasteiger partial charge is 0.264 e. The van der Waals surface area contributed by atoms with Crippen molar-refractivity contribution in [2.75, 3.05) is 20.0 Å². The van der Waals surface area contributed by atoms with Crippen LogP contribution < -0.4 is 4.74 Å². The van der Waals surface area contributed by atoms with Gasteiger partial charge in [0.15, 0.2) is 0 Å². The molecule has 0 aliphatic heterocycles. The van der Waals surface area contributed by atoms with E-state index in [0.717, 1.165) is 21.1 Å². The lowest BCUT2D eigenvalue weighted by Crippen LogP contribution is -2.06. The van der Waals surface area contributed by atoms with Crippen LogP contribution in [-0.4, -0.2) is 28.4 Å². The normalized spacial score (nSPS) is 11.4. The van der Waals surface area contributed by atoms with Crippen LogP contribution in [0.4, 0.5) is 0 Å². The molecule has 0 aliphatic carbocycles. The monoisotopic (exact) mass is 356 g/mol.